The molecule has 0 radical (unpaired) electrons. The molecule has 2 aromatic carbocycles. The molecular formula is C20H25ClN2O. The van der Waals surface area contributed by atoms with Gasteiger partial charge in [-0.1, -0.05) is 59.6 Å². The van der Waals surface area contributed by atoms with Gasteiger partial charge in [0, 0.05) is 18.0 Å². The van der Waals surface area contributed by atoms with Crippen molar-refractivity contribution in [2.45, 2.75) is 25.8 Å². The fourth-order valence-electron chi connectivity index (χ4n) is 2.63. The average molecular weight is 345 g/mol. The number of amides is 1. The highest BCUT2D eigenvalue weighted by Crippen LogP contribution is 2.25. The number of hydrogen-bond acceptors (Lipinski definition) is 2. The monoisotopic (exact) mass is 344 g/mol. The van der Waals surface area contributed by atoms with Crippen LogP contribution < -0.4 is 5.32 Å². The summed E-state index contributed by atoms with van der Waals surface area (Å²) in [7, 11) is 3.99. The third-order valence-corrected chi connectivity index (χ3v) is 4.49. The van der Waals surface area contributed by atoms with E-state index in [4.69, 9.17) is 11.6 Å². The lowest BCUT2D eigenvalue weighted by Crippen LogP contribution is -2.34. The number of benzene rings is 2. The Hall–Kier alpha value is -1.84. The summed E-state index contributed by atoms with van der Waals surface area (Å²) in [6.07, 6.45) is 1.25. The fraction of sp³-hybridized carbons (Fsp3) is 0.350. The fourth-order valence-corrected chi connectivity index (χ4v) is 2.89. The molecule has 0 aliphatic carbocycles. The molecule has 1 amide bonds. The van der Waals surface area contributed by atoms with Gasteiger partial charge in [-0.05, 0) is 44.6 Å². The van der Waals surface area contributed by atoms with Crippen LogP contribution >= 0.6 is 11.6 Å². The Kier molecular flexibility index (Phi) is 6.83. The molecule has 0 saturated carbocycles. The molecule has 1 atom stereocenters. The van der Waals surface area contributed by atoms with Crippen LogP contribution in [0.2, 0.25) is 5.02 Å². The predicted molar refractivity (Wildman–Crippen MR) is 100 cm³/mol. The maximum absolute atomic E-state index is 12.2. The topological polar surface area (TPSA) is 32.3 Å². The molecular weight excluding hydrogens is 320 g/mol. The second-order valence-electron chi connectivity index (χ2n) is 6.29. The molecule has 24 heavy (non-hydrogen) atoms. The van der Waals surface area contributed by atoms with Crippen molar-refractivity contribution < 1.29 is 4.79 Å². The third kappa shape index (κ3) is 5.36. The van der Waals surface area contributed by atoms with Crippen LogP contribution in [0.15, 0.2) is 48.5 Å². The van der Waals surface area contributed by atoms with Crippen LogP contribution in [0.3, 0.4) is 0 Å². The summed E-state index contributed by atoms with van der Waals surface area (Å²) >= 11 is 6.29. The maximum atomic E-state index is 12.2. The van der Waals surface area contributed by atoms with Crippen molar-refractivity contribution in [1.29, 1.82) is 0 Å². The van der Waals surface area contributed by atoms with Crippen molar-refractivity contribution in [3.63, 3.8) is 0 Å². The van der Waals surface area contributed by atoms with Gasteiger partial charge in [-0.15, -0.1) is 0 Å². The second kappa shape index (κ2) is 8.86. The van der Waals surface area contributed by atoms with Crippen LogP contribution in [0.4, 0.5) is 0 Å². The molecule has 0 saturated heterocycles. The number of carbonyl (C=O) groups is 1. The van der Waals surface area contributed by atoms with Gasteiger partial charge in [0.15, 0.2) is 0 Å². The first kappa shape index (κ1) is 18.5. The summed E-state index contributed by atoms with van der Waals surface area (Å²) in [5.41, 5.74) is 3.45. The lowest BCUT2D eigenvalue weighted by molar-refractivity contribution is -0.121. The molecule has 2 aromatic rings. The van der Waals surface area contributed by atoms with Crippen molar-refractivity contribution in [2.75, 3.05) is 20.6 Å². The maximum Gasteiger partial charge on any atom is 0.220 e. The van der Waals surface area contributed by atoms with Crippen molar-refractivity contribution in [1.82, 2.24) is 10.2 Å². The summed E-state index contributed by atoms with van der Waals surface area (Å²) in [6.45, 7) is 2.61. The summed E-state index contributed by atoms with van der Waals surface area (Å²) < 4.78 is 0. The van der Waals surface area contributed by atoms with Gasteiger partial charge in [0.1, 0.15) is 0 Å². The zero-order valence-electron chi connectivity index (χ0n) is 14.6. The molecule has 0 aliphatic rings. The average Bonchev–Trinajstić information content (AvgIpc) is 2.56. The van der Waals surface area contributed by atoms with Gasteiger partial charge in [0.25, 0.3) is 0 Å². The molecule has 0 aromatic heterocycles. The second-order valence-corrected chi connectivity index (χ2v) is 6.70. The first-order valence-corrected chi connectivity index (χ1v) is 8.58. The normalized spacial score (nSPS) is 12.2. The van der Waals surface area contributed by atoms with E-state index < -0.39 is 0 Å². The Balaban J connectivity index is 1.88. The van der Waals surface area contributed by atoms with Crippen LogP contribution in [-0.2, 0) is 11.2 Å². The van der Waals surface area contributed by atoms with Gasteiger partial charge in [-0.25, -0.2) is 0 Å². The van der Waals surface area contributed by atoms with E-state index in [0.717, 1.165) is 17.0 Å². The minimum atomic E-state index is 0.0574. The van der Waals surface area contributed by atoms with E-state index in [1.165, 1.54) is 11.1 Å². The molecule has 0 spiro atoms. The molecule has 4 heteroatoms. The minimum absolute atomic E-state index is 0.0574. The van der Waals surface area contributed by atoms with E-state index in [1.54, 1.807) is 0 Å². The number of rotatable bonds is 7. The Morgan fingerprint density at radius 2 is 1.79 bits per heavy atom. The highest BCUT2D eigenvalue weighted by atomic mass is 35.5. The molecule has 1 N–H and O–H groups in total. The smallest absolute Gasteiger partial charge is 0.220 e. The van der Waals surface area contributed by atoms with E-state index in [9.17, 15) is 4.79 Å². The van der Waals surface area contributed by atoms with Gasteiger partial charge in [0.05, 0.1) is 6.04 Å². The SMILES string of the molecule is Cc1ccc(CCC(=O)NCC(c2ccccc2Cl)N(C)C)cc1. The zero-order chi connectivity index (χ0) is 17.5. The first-order chi connectivity index (χ1) is 11.5. The van der Waals surface area contributed by atoms with Crippen molar-refractivity contribution in [3.8, 4) is 0 Å². The van der Waals surface area contributed by atoms with Crippen LogP contribution in [0.1, 0.15) is 29.2 Å². The molecule has 0 bridgehead atoms. The molecule has 3 nitrogen and oxygen atoms in total. The summed E-state index contributed by atoms with van der Waals surface area (Å²) in [6, 6.07) is 16.1. The molecule has 0 heterocycles. The quantitative estimate of drug-likeness (QED) is 0.823. The van der Waals surface area contributed by atoms with E-state index in [1.807, 2.05) is 38.4 Å². The standard InChI is InChI=1S/C20H25ClN2O/c1-15-8-10-16(11-9-15)12-13-20(24)22-14-19(23(2)3)17-6-4-5-7-18(17)21/h4-11,19H,12-14H2,1-3H3,(H,22,24). The van der Waals surface area contributed by atoms with Gasteiger partial charge in [0.2, 0.25) is 5.91 Å². The highest BCUT2D eigenvalue weighted by molar-refractivity contribution is 6.31. The number of aryl methyl sites for hydroxylation is 2. The van der Waals surface area contributed by atoms with Gasteiger partial charge in [-0.2, -0.15) is 0 Å². The summed E-state index contributed by atoms with van der Waals surface area (Å²) in [5.74, 6) is 0.0643. The van der Waals surface area contributed by atoms with E-state index in [2.05, 4.69) is 41.4 Å². The lowest BCUT2D eigenvalue weighted by Gasteiger charge is -2.26. The van der Waals surface area contributed by atoms with E-state index in [0.29, 0.717) is 13.0 Å². The Morgan fingerprint density at radius 3 is 2.42 bits per heavy atom. The highest BCUT2D eigenvalue weighted by Gasteiger charge is 2.17. The summed E-state index contributed by atoms with van der Waals surface area (Å²) in [5, 5.41) is 3.76. The van der Waals surface area contributed by atoms with Crippen LogP contribution in [0, 0.1) is 6.92 Å². The van der Waals surface area contributed by atoms with E-state index >= 15 is 0 Å². The van der Waals surface area contributed by atoms with Crippen LogP contribution in [-0.4, -0.2) is 31.4 Å². The van der Waals surface area contributed by atoms with Gasteiger partial charge >= 0.3 is 0 Å². The molecule has 0 fully saturated rings. The number of halogens is 1. The number of nitrogens with one attached hydrogen (secondary N) is 1. The number of hydrogen-bond donors (Lipinski definition) is 1. The number of nitrogens with zero attached hydrogens (tertiary/aromatic N) is 1. The van der Waals surface area contributed by atoms with Gasteiger partial charge in [-0.3, -0.25) is 4.79 Å². The number of carbonyl (C=O) groups excluding carboxylic acids is 1. The lowest BCUT2D eigenvalue weighted by atomic mass is 10.1. The van der Waals surface area contributed by atoms with E-state index in [-0.39, 0.29) is 11.9 Å². The van der Waals surface area contributed by atoms with Crippen LogP contribution in [0.5, 0.6) is 0 Å². The molecule has 0 aliphatic heterocycles. The zero-order valence-corrected chi connectivity index (χ0v) is 15.3. The number of likely N-dealkylation sites (N-methyl/N-ethyl adjacent to an activating group) is 1. The van der Waals surface area contributed by atoms with Crippen molar-refractivity contribution >= 4 is 17.5 Å². The predicted octanol–water partition coefficient (Wildman–Crippen LogP) is 4.00. The van der Waals surface area contributed by atoms with Gasteiger partial charge < -0.3 is 10.2 Å². The first-order valence-electron chi connectivity index (χ1n) is 8.20. The largest absolute Gasteiger partial charge is 0.354 e. The van der Waals surface area contributed by atoms with Crippen LogP contribution in [0.25, 0.3) is 0 Å². The Bertz CT molecular complexity index is 668. The molecule has 1 unspecified atom stereocenters. The Morgan fingerprint density at radius 1 is 1.12 bits per heavy atom. The third-order valence-electron chi connectivity index (χ3n) is 4.14. The van der Waals surface area contributed by atoms with Crippen molar-refractivity contribution in [3.05, 3.63) is 70.2 Å². The van der Waals surface area contributed by atoms with Crippen molar-refractivity contribution in [2.24, 2.45) is 0 Å². The molecule has 128 valence electrons. The molecule has 2 rings (SSSR count). The summed E-state index contributed by atoms with van der Waals surface area (Å²) in [4.78, 5) is 14.2. The minimum Gasteiger partial charge on any atom is -0.354 e. The Labute approximate surface area is 149 Å².